The third-order valence-corrected chi connectivity index (χ3v) is 5.06. The molecule has 0 saturated heterocycles. The number of aromatic nitrogens is 4. The van der Waals surface area contributed by atoms with Crippen LogP contribution in [0.15, 0.2) is 50.4 Å². The largest absolute Gasteiger partial charge is 0.451 e. The summed E-state index contributed by atoms with van der Waals surface area (Å²) in [5.41, 5.74) is 1.89. The van der Waals surface area contributed by atoms with Crippen molar-refractivity contribution in [1.82, 2.24) is 19.7 Å². The molecule has 3 aromatic heterocycles. The van der Waals surface area contributed by atoms with E-state index in [0.29, 0.717) is 34.5 Å². The van der Waals surface area contributed by atoms with E-state index in [4.69, 9.17) is 4.42 Å². The molecule has 2 N–H and O–H groups in total. The van der Waals surface area contributed by atoms with Crippen molar-refractivity contribution in [3.63, 3.8) is 0 Å². The Morgan fingerprint density at radius 3 is 2.90 bits per heavy atom. The topological polar surface area (TPSA) is 123 Å². The molecule has 0 unspecified atom stereocenters. The van der Waals surface area contributed by atoms with E-state index in [1.807, 2.05) is 0 Å². The molecule has 0 fully saturated rings. The lowest BCUT2D eigenvalue weighted by Crippen LogP contribution is -2.21. The van der Waals surface area contributed by atoms with E-state index in [-0.39, 0.29) is 22.7 Å². The van der Waals surface area contributed by atoms with Gasteiger partial charge < -0.3 is 9.73 Å². The molecule has 1 aromatic carbocycles. The maximum absolute atomic E-state index is 12.8. The van der Waals surface area contributed by atoms with Crippen LogP contribution in [0.3, 0.4) is 0 Å². The number of benzene rings is 1. The Labute approximate surface area is 169 Å². The number of carbonyl (C=O) groups excluding carboxylic acids is 1. The standard InChI is InChI=1S/C21H17N5O4/c1-11-9-18(26(25-11)21-22-14-7-4-6-12(14)19(28)24-21)23-20(29)17-10-15(27)13-5-2-3-8-16(13)30-17/h2-3,5,8-10H,4,6-7H2,1H3,(H,23,29)(H,22,24,28). The van der Waals surface area contributed by atoms with Crippen molar-refractivity contribution in [3.05, 3.63) is 79.7 Å². The zero-order chi connectivity index (χ0) is 20.8. The van der Waals surface area contributed by atoms with Gasteiger partial charge in [-0.25, -0.2) is 4.98 Å². The Morgan fingerprint density at radius 2 is 2.03 bits per heavy atom. The van der Waals surface area contributed by atoms with Gasteiger partial charge in [-0.05, 0) is 38.3 Å². The van der Waals surface area contributed by atoms with E-state index >= 15 is 0 Å². The Bertz CT molecular complexity index is 1430. The normalized spacial score (nSPS) is 12.8. The summed E-state index contributed by atoms with van der Waals surface area (Å²) in [6.07, 6.45) is 2.33. The minimum atomic E-state index is -0.609. The van der Waals surface area contributed by atoms with Crippen molar-refractivity contribution in [3.8, 4) is 5.95 Å². The Hall–Kier alpha value is -4.01. The van der Waals surface area contributed by atoms with E-state index in [9.17, 15) is 14.4 Å². The number of aryl methyl sites for hydroxylation is 2. The molecule has 0 atom stereocenters. The molecule has 5 rings (SSSR count). The second-order valence-electron chi connectivity index (χ2n) is 7.18. The van der Waals surface area contributed by atoms with E-state index in [1.54, 1.807) is 37.3 Å². The van der Waals surface area contributed by atoms with Crippen LogP contribution in [-0.4, -0.2) is 25.7 Å². The fraction of sp³-hybridized carbons (Fsp3) is 0.190. The molecule has 0 bridgehead atoms. The average Bonchev–Trinajstić information content (AvgIpc) is 3.34. The minimum Gasteiger partial charge on any atom is -0.451 e. The summed E-state index contributed by atoms with van der Waals surface area (Å²) in [5.74, 6) is -0.208. The molecule has 9 heteroatoms. The van der Waals surface area contributed by atoms with Gasteiger partial charge in [0.1, 0.15) is 11.4 Å². The maximum Gasteiger partial charge on any atom is 0.292 e. The highest BCUT2D eigenvalue weighted by molar-refractivity contribution is 6.02. The van der Waals surface area contributed by atoms with Crippen LogP contribution < -0.4 is 16.3 Å². The Balaban J connectivity index is 1.53. The molecular weight excluding hydrogens is 386 g/mol. The van der Waals surface area contributed by atoms with Crippen LogP contribution in [0.4, 0.5) is 5.82 Å². The lowest BCUT2D eigenvalue weighted by atomic mass is 10.2. The third-order valence-electron chi connectivity index (χ3n) is 5.06. The first kappa shape index (κ1) is 18.0. The van der Waals surface area contributed by atoms with Crippen LogP contribution in [0.5, 0.6) is 0 Å². The van der Waals surface area contributed by atoms with E-state index in [0.717, 1.165) is 24.6 Å². The van der Waals surface area contributed by atoms with Crippen molar-refractivity contribution in [2.24, 2.45) is 0 Å². The second-order valence-corrected chi connectivity index (χ2v) is 7.18. The van der Waals surface area contributed by atoms with Gasteiger partial charge in [0.2, 0.25) is 5.95 Å². The average molecular weight is 403 g/mol. The molecule has 0 aliphatic heterocycles. The zero-order valence-corrected chi connectivity index (χ0v) is 16.1. The summed E-state index contributed by atoms with van der Waals surface area (Å²) in [6.45, 7) is 1.76. The SMILES string of the molecule is Cc1cc(NC(=O)c2cc(=O)c3ccccc3o2)n(-c2nc3c(c(=O)[nH]2)CCC3)n1. The number of fused-ring (bicyclic) bond motifs is 2. The predicted octanol–water partition coefficient (Wildman–Crippen LogP) is 2.11. The van der Waals surface area contributed by atoms with Gasteiger partial charge in [0.05, 0.1) is 16.8 Å². The van der Waals surface area contributed by atoms with E-state index in [1.165, 1.54) is 4.68 Å². The number of para-hydroxylation sites is 1. The van der Waals surface area contributed by atoms with Crippen molar-refractivity contribution in [2.45, 2.75) is 26.2 Å². The fourth-order valence-electron chi connectivity index (χ4n) is 3.67. The number of H-pyrrole nitrogens is 1. The van der Waals surface area contributed by atoms with Crippen molar-refractivity contribution >= 4 is 22.7 Å². The molecule has 4 aromatic rings. The quantitative estimate of drug-likeness (QED) is 0.540. The summed E-state index contributed by atoms with van der Waals surface area (Å²) >= 11 is 0. The lowest BCUT2D eigenvalue weighted by molar-refractivity contribution is 0.0996. The summed E-state index contributed by atoms with van der Waals surface area (Å²) < 4.78 is 6.96. The molecular formula is C21H17N5O4. The molecule has 0 spiro atoms. The number of carbonyl (C=O) groups is 1. The van der Waals surface area contributed by atoms with Gasteiger partial charge >= 0.3 is 0 Å². The van der Waals surface area contributed by atoms with Gasteiger partial charge in [0.25, 0.3) is 11.5 Å². The van der Waals surface area contributed by atoms with Gasteiger partial charge in [0, 0.05) is 17.7 Å². The summed E-state index contributed by atoms with van der Waals surface area (Å²) in [4.78, 5) is 44.7. The highest BCUT2D eigenvalue weighted by Gasteiger charge is 2.21. The van der Waals surface area contributed by atoms with Crippen LogP contribution in [0.25, 0.3) is 16.9 Å². The maximum atomic E-state index is 12.8. The van der Waals surface area contributed by atoms with Crippen LogP contribution in [-0.2, 0) is 12.8 Å². The number of aromatic amines is 1. The molecule has 3 heterocycles. The molecule has 150 valence electrons. The third kappa shape index (κ3) is 3.00. The Kier molecular flexibility index (Phi) is 4.09. The van der Waals surface area contributed by atoms with Crippen LogP contribution in [0.2, 0.25) is 0 Å². The first-order valence-corrected chi connectivity index (χ1v) is 9.53. The molecule has 1 aliphatic carbocycles. The van der Waals surface area contributed by atoms with Crippen LogP contribution in [0, 0.1) is 6.92 Å². The first-order chi connectivity index (χ1) is 14.5. The van der Waals surface area contributed by atoms with Crippen LogP contribution >= 0.6 is 0 Å². The molecule has 9 nitrogen and oxygen atoms in total. The van der Waals surface area contributed by atoms with Gasteiger partial charge in [-0.15, -0.1) is 0 Å². The smallest absolute Gasteiger partial charge is 0.292 e. The number of amides is 1. The summed E-state index contributed by atoms with van der Waals surface area (Å²) in [6, 6.07) is 9.51. The summed E-state index contributed by atoms with van der Waals surface area (Å²) in [5, 5.41) is 7.43. The first-order valence-electron chi connectivity index (χ1n) is 9.53. The number of nitrogens with zero attached hydrogens (tertiary/aromatic N) is 3. The molecule has 0 radical (unpaired) electrons. The number of anilines is 1. The van der Waals surface area contributed by atoms with Crippen molar-refractivity contribution in [1.29, 1.82) is 0 Å². The summed E-state index contributed by atoms with van der Waals surface area (Å²) in [7, 11) is 0. The van der Waals surface area contributed by atoms with E-state index < -0.39 is 5.91 Å². The van der Waals surface area contributed by atoms with Gasteiger partial charge in [-0.2, -0.15) is 9.78 Å². The fourth-order valence-corrected chi connectivity index (χ4v) is 3.67. The number of hydrogen-bond donors (Lipinski definition) is 2. The molecule has 30 heavy (non-hydrogen) atoms. The van der Waals surface area contributed by atoms with Crippen molar-refractivity contribution < 1.29 is 9.21 Å². The van der Waals surface area contributed by atoms with Gasteiger partial charge in [-0.3, -0.25) is 19.4 Å². The minimum absolute atomic E-state index is 0.125. The van der Waals surface area contributed by atoms with Crippen molar-refractivity contribution in [2.75, 3.05) is 5.32 Å². The van der Waals surface area contributed by atoms with Gasteiger partial charge in [-0.1, -0.05) is 12.1 Å². The van der Waals surface area contributed by atoms with Gasteiger partial charge in [0.15, 0.2) is 11.2 Å². The number of rotatable bonds is 3. The highest BCUT2D eigenvalue weighted by atomic mass is 16.3. The van der Waals surface area contributed by atoms with E-state index in [2.05, 4.69) is 20.4 Å². The number of nitrogens with one attached hydrogen (secondary N) is 2. The number of hydrogen-bond acceptors (Lipinski definition) is 6. The molecule has 0 saturated carbocycles. The zero-order valence-electron chi connectivity index (χ0n) is 16.1. The predicted molar refractivity (Wildman–Crippen MR) is 109 cm³/mol. The lowest BCUT2D eigenvalue weighted by Gasteiger charge is -2.09. The molecule has 1 aliphatic rings. The Morgan fingerprint density at radius 1 is 1.20 bits per heavy atom. The second kappa shape index (κ2) is 6.80. The monoisotopic (exact) mass is 403 g/mol. The van der Waals surface area contributed by atoms with Crippen LogP contribution in [0.1, 0.15) is 33.9 Å². The molecule has 1 amide bonds. The highest BCUT2D eigenvalue weighted by Crippen LogP contribution is 2.20.